The molecule has 1 atom stereocenters. The third-order valence-corrected chi connectivity index (χ3v) is 5.04. The summed E-state index contributed by atoms with van der Waals surface area (Å²) in [5.74, 6) is 1.67. The van der Waals surface area contributed by atoms with Gasteiger partial charge < -0.3 is 9.42 Å². The maximum atomic E-state index is 13.1. The van der Waals surface area contributed by atoms with Crippen LogP contribution in [0.5, 0.6) is 0 Å². The van der Waals surface area contributed by atoms with E-state index < -0.39 is 0 Å². The van der Waals surface area contributed by atoms with Crippen molar-refractivity contribution in [3.63, 3.8) is 0 Å². The van der Waals surface area contributed by atoms with E-state index in [1.165, 1.54) is 0 Å². The average Bonchev–Trinajstić information content (AvgIpc) is 3.41. The molecule has 3 heterocycles. The summed E-state index contributed by atoms with van der Waals surface area (Å²) in [6.07, 6.45) is 1.81. The summed E-state index contributed by atoms with van der Waals surface area (Å²) in [6, 6.07) is 13.4. The number of aromatic nitrogens is 3. The van der Waals surface area contributed by atoms with E-state index in [1.54, 1.807) is 4.68 Å². The normalized spacial score (nSPS) is 16.7. The molecule has 3 aromatic rings. The highest BCUT2D eigenvalue weighted by atomic mass is 16.5. The van der Waals surface area contributed by atoms with Gasteiger partial charge in [-0.2, -0.15) is 5.10 Å². The van der Waals surface area contributed by atoms with Crippen molar-refractivity contribution in [3.8, 4) is 5.69 Å². The molecule has 1 fully saturated rings. The number of urea groups is 1. The maximum Gasteiger partial charge on any atom is 0.323 e. The number of para-hydroxylation sites is 1. The second-order valence-corrected chi connectivity index (χ2v) is 7.51. The van der Waals surface area contributed by atoms with Gasteiger partial charge in [-0.05, 0) is 37.8 Å². The zero-order chi connectivity index (χ0) is 19.7. The predicted molar refractivity (Wildman–Crippen MR) is 107 cm³/mol. The number of benzene rings is 1. The lowest BCUT2D eigenvalue weighted by molar-refractivity contribution is 0.195. The molecule has 1 saturated heterocycles. The minimum absolute atomic E-state index is 0.0844. The van der Waals surface area contributed by atoms with Gasteiger partial charge in [-0.3, -0.25) is 5.32 Å². The molecule has 1 N–H and O–H groups in total. The van der Waals surface area contributed by atoms with Crippen molar-refractivity contribution in [2.24, 2.45) is 0 Å². The first-order chi connectivity index (χ1) is 13.5. The first-order valence-electron chi connectivity index (χ1n) is 9.69. The smallest absolute Gasteiger partial charge is 0.323 e. The van der Waals surface area contributed by atoms with Crippen LogP contribution in [0.2, 0.25) is 0 Å². The number of hydrogen-bond donors (Lipinski definition) is 1. The van der Waals surface area contributed by atoms with Crippen LogP contribution in [0.15, 0.2) is 47.0 Å². The second-order valence-electron chi connectivity index (χ2n) is 7.51. The van der Waals surface area contributed by atoms with Crippen LogP contribution in [0.25, 0.3) is 5.69 Å². The molecule has 0 radical (unpaired) electrons. The quantitative estimate of drug-likeness (QED) is 0.715. The summed E-state index contributed by atoms with van der Waals surface area (Å²) < 4.78 is 7.21. The lowest BCUT2D eigenvalue weighted by Crippen LogP contribution is -2.34. The van der Waals surface area contributed by atoms with E-state index in [2.05, 4.69) is 24.3 Å². The molecular formula is C21H25N5O2. The molecule has 0 bridgehead atoms. The van der Waals surface area contributed by atoms with Crippen LogP contribution >= 0.6 is 0 Å². The van der Waals surface area contributed by atoms with Crippen molar-refractivity contribution in [3.05, 3.63) is 59.6 Å². The van der Waals surface area contributed by atoms with Gasteiger partial charge in [-0.15, -0.1) is 0 Å². The lowest BCUT2D eigenvalue weighted by atomic mass is 10.1. The van der Waals surface area contributed by atoms with E-state index in [0.29, 0.717) is 12.4 Å². The number of rotatable bonds is 4. The first kappa shape index (κ1) is 18.3. The largest absolute Gasteiger partial charge is 0.359 e. The Bertz CT molecular complexity index is 960. The molecule has 0 aliphatic carbocycles. The summed E-state index contributed by atoms with van der Waals surface area (Å²) in [5, 5.41) is 11.7. The monoisotopic (exact) mass is 379 g/mol. The van der Waals surface area contributed by atoms with Crippen molar-refractivity contribution in [1.82, 2.24) is 19.8 Å². The molecule has 7 nitrogen and oxygen atoms in total. The number of nitrogens with one attached hydrogen (secondary N) is 1. The first-order valence-corrected chi connectivity index (χ1v) is 9.69. The number of hydrogen-bond acceptors (Lipinski definition) is 4. The lowest BCUT2D eigenvalue weighted by Gasteiger charge is -2.23. The Morgan fingerprint density at radius 3 is 2.71 bits per heavy atom. The van der Waals surface area contributed by atoms with Gasteiger partial charge in [0.25, 0.3) is 0 Å². The number of aryl methyl sites for hydroxylation is 1. The summed E-state index contributed by atoms with van der Waals surface area (Å²) >= 11 is 0. The van der Waals surface area contributed by atoms with Crippen molar-refractivity contribution in [2.75, 3.05) is 11.9 Å². The molecule has 2 aromatic heterocycles. The van der Waals surface area contributed by atoms with Crippen LogP contribution in [0.1, 0.15) is 55.8 Å². The van der Waals surface area contributed by atoms with Crippen molar-refractivity contribution >= 4 is 11.8 Å². The Hall–Kier alpha value is -3.09. The molecule has 1 aliphatic rings. The molecule has 1 aromatic carbocycles. The van der Waals surface area contributed by atoms with Crippen molar-refractivity contribution in [2.45, 2.75) is 45.6 Å². The average molecular weight is 379 g/mol. The van der Waals surface area contributed by atoms with Crippen LogP contribution in [0.3, 0.4) is 0 Å². The molecule has 7 heteroatoms. The summed E-state index contributed by atoms with van der Waals surface area (Å²) in [7, 11) is 0. The molecule has 0 spiro atoms. The van der Waals surface area contributed by atoms with Gasteiger partial charge >= 0.3 is 6.03 Å². The summed E-state index contributed by atoms with van der Waals surface area (Å²) in [4.78, 5) is 14.9. The Morgan fingerprint density at radius 2 is 2.04 bits per heavy atom. The van der Waals surface area contributed by atoms with Gasteiger partial charge in [-0.25, -0.2) is 9.48 Å². The van der Waals surface area contributed by atoms with Crippen molar-refractivity contribution in [1.29, 1.82) is 0 Å². The number of nitrogens with zero attached hydrogens (tertiary/aromatic N) is 4. The van der Waals surface area contributed by atoms with Crippen LogP contribution in [0.4, 0.5) is 10.6 Å². The summed E-state index contributed by atoms with van der Waals surface area (Å²) in [5.41, 5.74) is 2.67. The van der Waals surface area contributed by atoms with Crippen LogP contribution in [-0.4, -0.2) is 32.4 Å². The van der Waals surface area contributed by atoms with Crippen LogP contribution in [0, 0.1) is 6.92 Å². The minimum atomic E-state index is -0.149. The predicted octanol–water partition coefficient (Wildman–Crippen LogP) is 4.66. The topological polar surface area (TPSA) is 76.2 Å². The van der Waals surface area contributed by atoms with Crippen molar-refractivity contribution < 1.29 is 9.32 Å². The zero-order valence-electron chi connectivity index (χ0n) is 16.4. The molecule has 4 rings (SSSR count). The van der Waals surface area contributed by atoms with Crippen LogP contribution in [-0.2, 0) is 0 Å². The number of likely N-dealkylation sites (tertiary alicyclic amines) is 1. The second kappa shape index (κ2) is 7.50. The number of carbonyl (C=O) groups is 1. The highest BCUT2D eigenvalue weighted by Gasteiger charge is 2.33. The van der Waals surface area contributed by atoms with Gasteiger partial charge in [0, 0.05) is 18.7 Å². The molecular weight excluding hydrogens is 354 g/mol. The van der Waals surface area contributed by atoms with E-state index in [0.717, 1.165) is 35.7 Å². The standard InChI is InChI=1S/C21H25N5O2/c1-14(2)17-13-20(26(23-17)16-8-5-4-6-9-16)22-21(27)25-11-7-10-18(25)19-12-15(3)24-28-19/h4-6,8-9,12-14,18H,7,10-11H2,1-3H3,(H,22,27). The van der Waals surface area contributed by atoms with E-state index in [9.17, 15) is 4.79 Å². The molecule has 1 aliphatic heterocycles. The summed E-state index contributed by atoms with van der Waals surface area (Å²) in [6.45, 7) is 6.75. The third-order valence-electron chi connectivity index (χ3n) is 5.04. The number of anilines is 1. The zero-order valence-corrected chi connectivity index (χ0v) is 16.4. The molecule has 146 valence electrons. The third kappa shape index (κ3) is 3.52. The maximum absolute atomic E-state index is 13.1. The fourth-order valence-electron chi connectivity index (χ4n) is 3.56. The molecule has 0 saturated carbocycles. The van der Waals surface area contributed by atoms with Gasteiger partial charge in [0.15, 0.2) is 5.76 Å². The van der Waals surface area contributed by atoms with Crippen LogP contribution < -0.4 is 5.32 Å². The van der Waals surface area contributed by atoms with E-state index in [4.69, 9.17) is 9.62 Å². The fourth-order valence-corrected chi connectivity index (χ4v) is 3.56. The molecule has 2 amide bonds. The Balaban J connectivity index is 1.60. The molecule has 28 heavy (non-hydrogen) atoms. The SMILES string of the molecule is Cc1cc(C2CCCN2C(=O)Nc2cc(C(C)C)nn2-c2ccccc2)on1. The highest BCUT2D eigenvalue weighted by Crippen LogP contribution is 2.33. The minimum Gasteiger partial charge on any atom is -0.359 e. The Labute approximate surface area is 164 Å². The van der Waals surface area contributed by atoms with Gasteiger partial charge in [0.2, 0.25) is 0 Å². The Kier molecular flexibility index (Phi) is 4.90. The van der Waals surface area contributed by atoms with Gasteiger partial charge in [0.1, 0.15) is 5.82 Å². The van der Waals surface area contributed by atoms with E-state index in [-0.39, 0.29) is 18.0 Å². The Morgan fingerprint density at radius 1 is 1.25 bits per heavy atom. The van der Waals surface area contributed by atoms with E-state index >= 15 is 0 Å². The van der Waals surface area contributed by atoms with Gasteiger partial charge in [-0.1, -0.05) is 37.2 Å². The fraction of sp³-hybridized carbons (Fsp3) is 0.381. The molecule has 1 unspecified atom stereocenters. The highest BCUT2D eigenvalue weighted by molar-refractivity contribution is 5.89. The number of amides is 2. The van der Waals surface area contributed by atoms with Gasteiger partial charge in [0.05, 0.1) is 23.1 Å². The number of carbonyl (C=O) groups excluding carboxylic acids is 1. The van der Waals surface area contributed by atoms with E-state index in [1.807, 2.05) is 54.3 Å².